The van der Waals surface area contributed by atoms with Crippen molar-refractivity contribution in [1.29, 1.82) is 0 Å². The number of nitrogens with zero attached hydrogens (tertiary/aromatic N) is 1. The Morgan fingerprint density at radius 2 is 1.90 bits per heavy atom. The van der Waals surface area contributed by atoms with Crippen LogP contribution in [-0.4, -0.2) is 20.2 Å². The maximum absolute atomic E-state index is 5.83. The highest BCUT2D eigenvalue weighted by Crippen LogP contribution is 2.26. The predicted molar refractivity (Wildman–Crippen MR) is 90.2 cm³/mol. The van der Waals surface area contributed by atoms with Gasteiger partial charge in [-0.2, -0.15) is 0 Å². The summed E-state index contributed by atoms with van der Waals surface area (Å²) >= 11 is 0. The molecule has 0 fully saturated rings. The van der Waals surface area contributed by atoms with Gasteiger partial charge in [-0.05, 0) is 55.7 Å². The average Bonchev–Trinajstić information content (AvgIpc) is 2.47. The molecule has 1 atom stereocenters. The van der Waals surface area contributed by atoms with Gasteiger partial charge in [-0.25, -0.2) is 0 Å². The summed E-state index contributed by atoms with van der Waals surface area (Å²) in [4.78, 5) is 2.29. The Kier molecular flexibility index (Phi) is 4.73. The molecule has 2 N–H and O–H groups in total. The van der Waals surface area contributed by atoms with Gasteiger partial charge in [-0.1, -0.05) is 18.2 Å². The fraction of sp³-hybridized carbons (Fsp3) is 0.333. The number of methoxy groups -OCH3 is 1. The lowest BCUT2D eigenvalue weighted by Crippen LogP contribution is -2.31. The Morgan fingerprint density at radius 1 is 1.19 bits per heavy atom. The zero-order valence-electron chi connectivity index (χ0n) is 13.3. The van der Waals surface area contributed by atoms with Crippen molar-refractivity contribution in [3.05, 3.63) is 53.6 Å². The van der Waals surface area contributed by atoms with E-state index in [4.69, 9.17) is 10.5 Å². The number of hydrogen-bond acceptors (Lipinski definition) is 3. The lowest BCUT2D eigenvalue weighted by molar-refractivity contribution is 0.408. The first kappa shape index (κ1) is 15.2. The molecule has 3 heteroatoms. The quantitative estimate of drug-likeness (QED) is 0.852. The van der Waals surface area contributed by atoms with Gasteiger partial charge in [0.2, 0.25) is 0 Å². The van der Waals surface area contributed by atoms with Crippen LogP contribution in [0.4, 0.5) is 11.4 Å². The molecule has 0 aliphatic rings. The highest BCUT2D eigenvalue weighted by Gasteiger charge is 2.14. The molecule has 2 aromatic carbocycles. The van der Waals surface area contributed by atoms with Crippen LogP contribution in [0.25, 0.3) is 0 Å². The van der Waals surface area contributed by atoms with Crippen molar-refractivity contribution in [2.24, 2.45) is 0 Å². The summed E-state index contributed by atoms with van der Waals surface area (Å²) in [7, 11) is 3.84. The van der Waals surface area contributed by atoms with Crippen molar-refractivity contribution in [3.8, 4) is 5.75 Å². The molecule has 0 aromatic heterocycles. The summed E-state index contributed by atoms with van der Waals surface area (Å²) in [6, 6.07) is 14.6. The summed E-state index contributed by atoms with van der Waals surface area (Å²) in [5.74, 6) is 0.951. The minimum absolute atomic E-state index is 0.364. The van der Waals surface area contributed by atoms with E-state index < -0.39 is 0 Å². The Balaban J connectivity index is 2.17. The molecule has 21 heavy (non-hydrogen) atoms. The number of rotatable bonds is 5. The van der Waals surface area contributed by atoms with Gasteiger partial charge < -0.3 is 15.4 Å². The van der Waals surface area contributed by atoms with E-state index in [0.29, 0.717) is 6.04 Å². The number of anilines is 2. The fourth-order valence-corrected chi connectivity index (χ4v) is 2.64. The second-order valence-electron chi connectivity index (χ2n) is 5.52. The molecule has 0 spiro atoms. The first-order chi connectivity index (χ1) is 10.0. The Morgan fingerprint density at radius 3 is 2.57 bits per heavy atom. The molecule has 0 aliphatic carbocycles. The molecule has 2 aromatic rings. The SMILES string of the molecule is COc1ccccc1CC(C)N(C)c1ccc(N)cc1C. The minimum atomic E-state index is 0.364. The molecule has 0 saturated carbocycles. The number of nitrogens with two attached hydrogens (primary N) is 1. The Hall–Kier alpha value is -2.16. The zero-order valence-corrected chi connectivity index (χ0v) is 13.3. The van der Waals surface area contributed by atoms with Gasteiger partial charge in [0.05, 0.1) is 7.11 Å². The number of para-hydroxylation sites is 1. The summed E-state index contributed by atoms with van der Waals surface area (Å²) in [5.41, 5.74) is 10.3. The highest BCUT2D eigenvalue weighted by atomic mass is 16.5. The number of likely N-dealkylation sites (N-methyl/N-ethyl adjacent to an activating group) is 1. The first-order valence-electron chi connectivity index (χ1n) is 7.23. The largest absolute Gasteiger partial charge is 0.496 e. The minimum Gasteiger partial charge on any atom is -0.496 e. The van der Waals surface area contributed by atoms with Crippen molar-refractivity contribution in [3.63, 3.8) is 0 Å². The maximum Gasteiger partial charge on any atom is 0.122 e. The van der Waals surface area contributed by atoms with E-state index in [1.54, 1.807) is 7.11 Å². The second-order valence-corrected chi connectivity index (χ2v) is 5.52. The van der Waals surface area contributed by atoms with Crippen LogP contribution in [0.3, 0.4) is 0 Å². The Labute approximate surface area is 127 Å². The summed E-state index contributed by atoms with van der Waals surface area (Å²) in [6.45, 7) is 4.32. The topological polar surface area (TPSA) is 38.5 Å². The lowest BCUT2D eigenvalue weighted by atomic mass is 10.0. The maximum atomic E-state index is 5.83. The number of ether oxygens (including phenoxy) is 1. The van der Waals surface area contributed by atoms with E-state index in [0.717, 1.165) is 17.9 Å². The summed E-state index contributed by atoms with van der Waals surface area (Å²) in [5, 5.41) is 0. The van der Waals surface area contributed by atoms with E-state index in [9.17, 15) is 0 Å². The number of hydrogen-bond donors (Lipinski definition) is 1. The van der Waals surface area contributed by atoms with Gasteiger partial charge in [-0.15, -0.1) is 0 Å². The van der Waals surface area contributed by atoms with E-state index in [-0.39, 0.29) is 0 Å². The number of nitrogen functional groups attached to an aromatic ring is 1. The Bertz CT molecular complexity index is 610. The van der Waals surface area contributed by atoms with Gasteiger partial charge in [-0.3, -0.25) is 0 Å². The summed E-state index contributed by atoms with van der Waals surface area (Å²) < 4.78 is 5.44. The van der Waals surface area contributed by atoms with Crippen molar-refractivity contribution in [2.75, 3.05) is 24.8 Å². The third-order valence-corrected chi connectivity index (χ3v) is 3.97. The number of aryl methyl sites for hydroxylation is 1. The third-order valence-electron chi connectivity index (χ3n) is 3.97. The number of benzene rings is 2. The lowest BCUT2D eigenvalue weighted by Gasteiger charge is -2.29. The standard InChI is InChI=1S/C18H24N2O/c1-13-11-16(19)9-10-17(13)20(3)14(2)12-15-7-5-6-8-18(15)21-4/h5-11,14H,12,19H2,1-4H3. The van der Waals surface area contributed by atoms with Crippen LogP contribution in [0.1, 0.15) is 18.1 Å². The molecule has 0 heterocycles. The van der Waals surface area contributed by atoms with E-state index in [1.165, 1.54) is 16.8 Å². The molecule has 0 radical (unpaired) electrons. The molecule has 3 nitrogen and oxygen atoms in total. The van der Waals surface area contributed by atoms with Gasteiger partial charge in [0.25, 0.3) is 0 Å². The van der Waals surface area contributed by atoms with Crippen LogP contribution in [0.15, 0.2) is 42.5 Å². The van der Waals surface area contributed by atoms with Crippen LogP contribution >= 0.6 is 0 Å². The van der Waals surface area contributed by atoms with Crippen molar-refractivity contribution in [2.45, 2.75) is 26.3 Å². The van der Waals surface area contributed by atoms with E-state index >= 15 is 0 Å². The summed E-state index contributed by atoms with van der Waals surface area (Å²) in [6.07, 6.45) is 0.935. The zero-order chi connectivity index (χ0) is 15.4. The van der Waals surface area contributed by atoms with Crippen LogP contribution in [0, 0.1) is 6.92 Å². The molecule has 1 unspecified atom stereocenters. The van der Waals surface area contributed by atoms with Crippen molar-refractivity contribution >= 4 is 11.4 Å². The van der Waals surface area contributed by atoms with Gasteiger partial charge >= 0.3 is 0 Å². The molecule has 0 saturated heterocycles. The van der Waals surface area contributed by atoms with Crippen LogP contribution in [0.5, 0.6) is 5.75 Å². The molecule has 0 bridgehead atoms. The molecule has 0 aliphatic heterocycles. The van der Waals surface area contributed by atoms with Gasteiger partial charge in [0.15, 0.2) is 0 Å². The third kappa shape index (κ3) is 3.48. The van der Waals surface area contributed by atoms with Crippen LogP contribution in [-0.2, 0) is 6.42 Å². The van der Waals surface area contributed by atoms with Crippen LogP contribution < -0.4 is 15.4 Å². The van der Waals surface area contributed by atoms with Crippen molar-refractivity contribution in [1.82, 2.24) is 0 Å². The van der Waals surface area contributed by atoms with Gasteiger partial charge in [0.1, 0.15) is 5.75 Å². The molecule has 0 amide bonds. The molecule has 2 rings (SSSR count). The normalized spacial score (nSPS) is 12.0. The average molecular weight is 284 g/mol. The van der Waals surface area contributed by atoms with E-state index in [1.807, 2.05) is 24.3 Å². The molecule has 112 valence electrons. The van der Waals surface area contributed by atoms with Crippen molar-refractivity contribution < 1.29 is 4.74 Å². The van der Waals surface area contributed by atoms with E-state index in [2.05, 4.69) is 44.0 Å². The molecular weight excluding hydrogens is 260 g/mol. The van der Waals surface area contributed by atoms with Crippen LogP contribution in [0.2, 0.25) is 0 Å². The van der Waals surface area contributed by atoms with Gasteiger partial charge in [0, 0.05) is 24.5 Å². The fourth-order valence-electron chi connectivity index (χ4n) is 2.64. The molecular formula is C18H24N2O. The predicted octanol–water partition coefficient (Wildman–Crippen LogP) is 3.65. The smallest absolute Gasteiger partial charge is 0.122 e. The first-order valence-corrected chi connectivity index (χ1v) is 7.23. The highest BCUT2D eigenvalue weighted by molar-refractivity contribution is 5.59. The monoisotopic (exact) mass is 284 g/mol. The second kappa shape index (κ2) is 6.53.